The molecular weight excluding hydrogens is 356 g/mol. The van der Waals surface area contributed by atoms with Gasteiger partial charge in [-0.25, -0.2) is 9.78 Å². The van der Waals surface area contributed by atoms with Gasteiger partial charge in [-0.3, -0.25) is 0 Å². The van der Waals surface area contributed by atoms with Crippen molar-refractivity contribution in [3.63, 3.8) is 0 Å². The number of hydrogen-bond acceptors (Lipinski definition) is 4. The second kappa shape index (κ2) is 7.89. The standard InChI is InChI=1S/C21H28N4OS/c1-16-8-13-25(14-9-16)18-6-4-17(5-7-18)23-20(26)24-21(10-2-3-11-21)19-22-12-15-27-19/h4-7,12,15-16H,2-3,8-11,13-14H2,1H3,(H2,23,24,26). The topological polar surface area (TPSA) is 57.3 Å². The van der Waals surface area contributed by atoms with E-state index in [1.165, 1.54) is 18.5 Å². The maximum Gasteiger partial charge on any atom is 0.320 e. The van der Waals surface area contributed by atoms with E-state index in [0.29, 0.717) is 0 Å². The van der Waals surface area contributed by atoms with Gasteiger partial charge in [-0.1, -0.05) is 19.8 Å². The van der Waals surface area contributed by atoms with Crippen LogP contribution < -0.4 is 15.5 Å². The molecule has 6 heteroatoms. The van der Waals surface area contributed by atoms with Crippen LogP contribution in [-0.4, -0.2) is 24.1 Å². The Morgan fingerprint density at radius 2 is 1.89 bits per heavy atom. The van der Waals surface area contributed by atoms with Crippen LogP contribution in [0.3, 0.4) is 0 Å². The SMILES string of the molecule is CC1CCN(c2ccc(NC(=O)NC3(c4nccs4)CCCC3)cc2)CC1. The lowest BCUT2D eigenvalue weighted by atomic mass is 9.99. The highest BCUT2D eigenvalue weighted by atomic mass is 32.1. The van der Waals surface area contributed by atoms with Crippen molar-refractivity contribution in [2.45, 2.75) is 51.0 Å². The van der Waals surface area contributed by atoms with E-state index in [1.54, 1.807) is 11.3 Å². The number of nitrogens with zero attached hydrogens (tertiary/aromatic N) is 2. The number of thiazole rings is 1. The normalized spacial score (nSPS) is 19.8. The largest absolute Gasteiger partial charge is 0.372 e. The molecule has 0 unspecified atom stereocenters. The van der Waals surface area contributed by atoms with Gasteiger partial charge in [-0.05, 0) is 55.9 Å². The van der Waals surface area contributed by atoms with Gasteiger partial charge in [-0.2, -0.15) is 0 Å². The molecule has 0 atom stereocenters. The van der Waals surface area contributed by atoms with Crippen molar-refractivity contribution in [1.29, 1.82) is 0 Å². The average Bonchev–Trinajstić information content (AvgIpc) is 3.36. The second-order valence-electron chi connectivity index (χ2n) is 7.92. The highest BCUT2D eigenvalue weighted by Crippen LogP contribution is 2.39. The predicted octanol–water partition coefficient (Wildman–Crippen LogP) is 4.97. The first kappa shape index (κ1) is 18.3. The van der Waals surface area contributed by atoms with Crippen LogP contribution in [0.5, 0.6) is 0 Å². The molecule has 2 N–H and O–H groups in total. The van der Waals surface area contributed by atoms with Crippen molar-refractivity contribution < 1.29 is 4.79 Å². The van der Waals surface area contributed by atoms with E-state index < -0.39 is 0 Å². The Morgan fingerprint density at radius 3 is 2.52 bits per heavy atom. The fraction of sp³-hybridized carbons (Fsp3) is 0.524. The quantitative estimate of drug-likeness (QED) is 0.782. The van der Waals surface area contributed by atoms with Crippen molar-refractivity contribution in [3.8, 4) is 0 Å². The van der Waals surface area contributed by atoms with E-state index in [0.717, 1.165) is 55.4 Å². The Bertz CT molecular complexity index is 745. The van der Waals surface area contributed by atoms with Gasteiger partial charge in [0.25, 0.3) is 0 Å². The van der Waals surface area contributed by atoms with Crippen LogP contribution in [0.2, 0.25) is 0 Å². The molecule has 5 nitrogen and oxygen atoms in total. The van der Waals surface area contributed by atoms with Crippen molar-refractivity contribution >= 4 is 28.7 Å². The zero-order valence-corrected chi connectivity index (χ0v) is 16.7. The first-order valence-corrected chi connectivity index (χ1v) is 10.9. The molecule has 144 valence electrons. The minimum Gasteiger partial charge on any atom is -0.372 e. The number of aromatic nitrogens is 1. The van der Waals surface area contributed by atoms with Crippen LogP contribution >= 0.6 is 11.3 Å². The third-order valence-corrected chi connectivity index (χ3v) is 6.90. The number of carbonyl (C=O) groups is 1. The Morgan fingerprint density at radius 1 is 1.19 bits per heavy atom. The molecule has 0 bridgehead atoms. The Labute approximate surface area is 165 Å². The number of amides is 2. The smallest absolute Gasteiger partial charge is 0.320 e. The number of nitrogens with one attached hydrogen (secondary N) is 2. The number of hydrogen-bond donors (Lipinski definition) is 2. The van der Waals surface area contributed by atoms with Gasteiger partial charge < -0.3 is 15.5 Å². The molecule has 2 heterocycles. The number of rotatable bonds is 4. The van der Waals surface area contributed by atoms with Gasteiger partial charge >= 0.3 is 6.03 Å². The number of anilines is 2. The summed E-state index contributed by atoms with van der Waals surface area (Å²) in [5.41, 5.74) is 1.76. The molecule has 4 rings (SSSR count). The van der Waals surface area contributed by atoms with Crippen LogP contribution in [0.25, 0.3) is 0 Å². The lowest BCUT2D eigenvalue weighted by Crippen LogP contribution is -2.45. The van der Waals surface area contributed by atoms with E-state index in [-0.39, 0.29) is 11.6 Å². The Kier molecular flexibility index (Phi) is 5.34. The molecule has 0 spiro atoms. The number of urea groups is 1. The van der Waals surface area contributed by atoms with E-state index in [9.17, 15) is 4.79 Å². The first-order chi connectivity index (χ1) is 13.1. The van der Waals surface area contributed by atoms with Crippen LogP contribution in [0.15, 0.2) is 35.8 Å². The lowest BCUT2D eigenvalue weighted by molar-refractivity contribution is 0.236. The van der Waals surface area contributed by atoms with Crippen LogP contribution in [-0.2, 0) is 5.54 Å². The summed E-state index contributed by atoms with van der Waals surface area (Å²) in [5, 5.41) is 9.21. The summed E-state index contributed by atoms with van der Waals surface area (Å²) in [5.74, 6) is 0.826. The molecule has 2 fully saturated rings. The molecular formula is C21H28N4OS. The molecule has 1 aromatic heterocycles. The summed E-state index contributed by atoms with van der Waals surface area (Å²) in [4.78, 5) is 19.5. The van der Waals surface area contributed by atoms with Crippen molar-refractivity contribution in [2.75, 3.05) is 23.3 Å². The number of carbonyl (C=O) groups excluding carboxylic acids is 1. The molecule has 1 aromatic carbocycles. The summed E-state index contributed by atoms with van der Waals surface area (Å²) in [7, 11) is 0. The summed E-state index contributed by atoms with van der Waals surface area (Å²) in [6.07, 6.45) is 8.49. The average molecular weight is 385 g/mol. The van der Waals surface area contributed by atoms with Gasteiger partial charge in [0.15, 0.2) is 0 Å². The Balaban J connectivity index is 1.38. The predicted molar refractivity (Wildman–Crippen MR) is 111 cm³/mol. The van der Waals surface area contributed by atoms with E-state index in [2.05, 4.69) is 39.6 Å². The third-order valence-electron chi connectivity index (χ3n) is 5.93. The van der Waals surface area contributed by atoms with Crippen LogP contribution in [0.1, 0.15) is 50.5 Å². The molecule has 2 amide bonds. The first-order valence-electron chi connectivity index (χ1n) is 9.99. The molecule has 1 saturated carbocycles. The number of piperidine rings is 1. The van der Waals surface area contributed by atoms with Gasteiger partial charge in [0, 0.05) is 36.0 Å². The maximum atomic E-state index is 12.6. The van der Waals surface area contributed by atoms with Gasteiger partial charge in [0.2, 0.25) is 0 Å². The minimum absolute atomic E-state index is 0.147. The van der Waals surface area contributed by atoms with E-state index in [4.69, 9.17) is 0 Å². The molecule has 1 aliphatic carbocycles. The summed E-state index contributed by atoms with van der Waals surface area (Å²) < 4.78 is 0. The molecule has 1 saturated heterocycles. The van der Waals surface area contributed by atoms with Gasteiger partial charge in [-0.15, -0.1) is 11.3 Å². The Hall–Kier alpha value is -2.08. The second-order valence-corrected chi connectivity index (χ2v) is 8.82. The summed E-state index contributed by atoms with van der Waals surface area (Å²) in [6, 6.07) is 8.07. The van der Waals surface area contributed by atoms with Crippen molar-refractivity contribution in [2.24, 2.45) is 5.92 Å². The maximum absolute atomic E-state index is 12.6. The van der Waals surface area contributed by atoms with Gasteiger partial charge in [0.1, 0.15) is 5.01 Å². The molecule has 1 aliphatic heterocycles. The molecule has 27 heavy (non-hydrogen) atoms. The van der Waals surface area contributed by atoms with Crippen molar-refractivity contribution in [3.05, 3.63) is 40.8 Å². The minimum atomic E-state index is -0.303. The van der Waals surface area contributed by atoms with E-state index >= 15 is 0 Å². The number of benzene rings is 1. The molecule has 2 aliphatic rings. The summed E-state index contributed by atoms with van der Waals surface area (Å²) in [6.45, 7) is 4.56. The zero-order valence-electron chi connectivity index (χ0n) is 15.9. The lowest BCUT2D eigenvalue weighted by Gasteiger charge is -2.32. The van der Waals surface area contributed by atoms with Gasteiger partial charge in [0.05, 0.1) is 5.54 Å². The molecule has 2 aromatic rings. The third kappa shape index (κ3) is 4.10. The summed E-state index contributed by atoms with van der Waals surface area (Å²) >= 11 is 1.63. The highest BCUT2D eigenvalue weighted by Gasteiger charge is 2.39. The van der Waals surface area contributed by atoms with Crippen molar-refractivity contribution in [1.82, 2.24) is 10.3 Å². The van der Waals surface area contributed by atoms with E-state index in [1.807, 2.05) is 23.7 Å². The molecule has 0 radical (unpaired) electrons. The van der Waals surface area contributed by atoms with Crippen LogP contribution in [0, 0.1) is 5.92 Å². The zero-order chi connectivity index (χ0) is 18.7. The van der Waals surface area contributed by atoms with Crippen LogP contribution in [0.4, 0.5) is 16.2 Å². The fourth-order valence-corrected chi connectivity index (χ4v) is 5.09. The highest BCUT2D eigenvalue weighted by molar-refractivity contribution is 7.09. The fourth-order valence-electron chi connectivity index (χ4n) is 4.23. The monoisotopic (exact) mass is 384 g/mol.